The third-order valence-corrected chi connectivity index (χ3v) is 6.04. The molecule has 1 aromatic carbocycles. The van der Waals surface area contributed by atoms with E-state index < -0.39 is 6.04 Å². The Bertz CT molecular complexity index is 752. The number of benzene rings is 1. The van der Waals surface area contributed by atoms with Crippen LogP contribution in [0.2, 0.25) is 0 Å². The predicted octanol–water partition coefficient (Wildman–Crippen LogP) is 3.15. The number of rotatable bonds is 7. The zero-order valence-corrected chi connectivity index (χ0v) is 19.2. The molecule has 0 spiro atoms. The molecule has 1 saturated heterocycles. The molecule has 6 nitrogen and oxygen atoms in total. The van der Waals surface area contributed by atoms with Gasteiger partial charge in [-0.05, 0) is 50.7 Å². The van der Waals surface area contributed by atoms with E-state index in [2.05, 4.69) is 24.5 Å². The van der Waals surface area contributed by atoms with Crippen LogP contribution in [0.25, 0.3) is 0 Å². The molecule has 0 aliphatic carbocycles. The highest BCUT2D eigenvalue weighted by Crippen LogP contribution is 2.23. The number of nitrogens with one attached hydrogen (secondary N) is 2. The average molecular weight is 416 g/mol. The van der Waals surface area contributed by atoms with Crippen LogP contribution in [0, 0.1) is 24.7 Å². The number of carbonyl (C=O) groups is 3. The van der Waals surface area contributed by atoms with Crippen molar-refractivity contribution < 1.29 is 14.4 Å². The standard InChI is InChI=1S/C24H37N3O3/c1-15(2)18(6)25-23(29)21(26-22(28)20-9-7-8-17(5)14-20)19-10-12-27(13-11-19)24(30)16(3)4/h7-9,14-16,18-19,21H,10-13H2,1-6H3,(H,25,29)(H,26,28)/t18-,21-/m1/s1. The van der Waals surface area contributed by atoms with Gasteiger partial charge >= 0.3 is 0 Å². The van der Waals surface area contributed by atoms with Gasteiger partial charge in [-0.1, -0.05) is 45.4 Å². The van der Waals surface area contributed by atoms with Crippen molar-refractivity contribution in [1.29, 1.82) is 0 Å². The van der Waals surface area contributed by atoms with Gasteiger partial charge in [0, 0.05) is 30.6 Å². The Hall–Kier alpha value is -2.37. The van der Waals surface area contributed by atoms with Crippen LogP contribution in [0.3, 0.4) is 0 Å². The normalized spacial score (nSPS) is 17.0. The number of hydrogen-bond acceptors (Lipinski definition) is 3. The first-order valence-electron chi connectivity index (χ1n) is 11.1. The number of amides is 3. The summed E-state index contributed by atoms with van der Waals surface area (Å²) < 4.78 is 0. The summed E-state index contributed by atoms with van der Waals surface area (Å²) in [6, 6.07) is 6.76. The first-order chi connectivity index (χ1) is 14.1. The molecule has 0 aromatic heterocycles. The van der Waals surface area contributed by atoms with Crippen LogP contribution in [0.1, 0.15) is 63.4 Å². The second-order valence-corrected chi connectivity index (χ2v) is 9.18. The summed E-state index contributed by atoms with van der Waals surface area (Å²) in [4.78, 5) is 40.2. The first kappa shape index (κ1) is 23.9. The van der Waals surface area contributed by atoms with Gasteiger partial charge < -0.3 is 15.5 Å². The molecule has 0 bridgehead atoms. The lowest BCUT2D eigenvalue weighted by Gasteiger charge is -2.37. The van der Waals surface area contributed by atoms with E-state index in [0.717, 1.165) is 5.56 Å². The highest BCUT2D eigenvalue weighted by Gasteiger charge is 2.35. The lowest BCUT2D eigenvalue weighted by atomic mass is 9.87. The minimum absolute atomic E-state index is 0.00525. The van der Waals surface area contributed by atoms with Crippen molar-refractivity contribution in [2.75, 3.05) is 13.1 Å². The van der Waals surface area contributed by atoms with Crippen LogP contribution >= 0.6 is 0 Å². The van der Waals surface area contributed by atoms with Crippen molar-refractivity contribution in [1.82, 2.24) is 15.5 Å². The Balaban J connectivity index is 2.14. The molecule has 6 heteroatoms. The molecular formula is C24H37N3O3. The summed E-state index contributed by atoms with van der Waals surface area (Å²) in [5.74, 6) is 0.0183. The van der Waals surface area contributed by atoms with Gasteiger partial charge in [-0.2, -0.15) is 0 Å². The second kappa shape index (κ2) is 10.6. The van der Waals surface area contributed by atoms with Crippen molar-refractivity contribution in [3.05, 3.63) is 35.4 Å². The van der Waals surface area contributed by atoms with Gasteiger partial charge in [0.05, 0.1) is 0 Å². The summed E-state index contributed by atoms with van der Waals surface area (Å²) in [5, 5.41) is 6.05. The van der Waals surface area contributed by atoms with E-state index in [-0.39, 0.29) is 35.6 Å². The number of aryl methyl sites for hydroxylation is 1. The largest absolute Gasteiger partial charge is 0.352 e. The van der Waals surface area contributed by atoms with Crippen LogP contribution in [0.5, 0.6) is 0 Å². The van der Waals surface area contributed by atoms with E-state index in [1.54, 1.807) is 6.07 Å². The van der Waals surface area contributed by atoms with E-state index in [9.17, 15) is 14.4 Å². The molecule has 2 atom stereocenters. The van der Waals surface area contributed by atoms with Crippen molar-refractivity contribution in [2.45, 2.75) is 66.5 Å². The van der Waals surface area contributed by atoms with E-state index in [1.165, 1.54) is 0 Å². The van der Waals surface area contributed by atoms with Crippen molar-refractivity contribution in [2.24, 2.45) is 17.8 Å². The maximum Gasteiger partial charge on any atom is 0.251 e. The van der Waals surface area contributed by atoms with E-state index >= 15 is 0 Å². The van der Waals surface area contributed by atoms with E-state index in [0.29, 0.717) is 37.4 Å². The Labute approximate surface area is 180 Å². The van der Waals surface area contributed by atoms with Crippen molar-refractivity contribution in [3.8, 4) is 0 Å². The average Bonchev–Trinajstić information content (AvgIpc) is 2.71. The van der Waals surface area contributed by atoms with Crippen LogP contribution in [0.4, 0.5) is 0 Å². The van der Waals surface area contributed by atoms with Gasteiger partial charge in [0.15, 0.2) is 0 Å². The zero-order chi connectivity index (χ0) is 22.4. The van der Waals surface area contributed by atoms with Gasteiger partial charge in [0.1, 0.15) is 6.04 Å². The smallest absolute Gasteiger partial charge is 0.251 e. The number of likely N-dealkylation sites (tertiary alicyclic amines) is 1. The van der Waals surface area contributed by atoms with Crippen molar-refractivity contribution in [3.63, 3.8) is 0 Å². The molecule has 3 amide bonds. The maximum atomic E-state index is 13.1. The minimum atomic E-state index is -0.615. The summed E-state index contributed by atoms with van der Waals surface area (Å²) in [7, 11) is 0. The van der Waals surface area contributed by atoms with Crippen LogP contribution in [0.15, 0.2) is 24.3 Å². The Morgan fingerprint density at radius 1 is 1.00 bits per heavy atom. The topological polar surface area (TPSA) is 78.5 Å². The van der Waals surface area contributed by atoms with Gasteiger partial charge in [-0.3, -0.25) is 14.4 Å². The molecule has 30 heavy (non-hydrogen) atoms. The summed E-state index contributed by atoms with van der Waals surface area (Å²) in [5.41, 5.74) is 1.55. The van der Waals surface area contributed by atoms with E-state index in [1.807, 2.05) is 50.8 Å². The fourth-order valence-corrected chi connectivity index (χ4v) is 3.71. The SMILES string of the molecule is Cc1cccc(C(=O)N[C@@H](C(=O)N[C@H](C)C(C)C)C2CCN(C(=O)C(C)C)CC2)c1. The molecule has 1 aromatic rings. The number of carbonyl (C=O) groups excluding carboxylic acids is 3. The fraction of sp³-hybridized carbons (Fsp3) is 0.625. The Kier molecular flexibility index (Phi) is 8.44. The number of hydrogen-bond donors (Lipinski definition) is 2. The molecule has 2 N–H and O–H groups in total. The molecule has 2 rings (SSSR count). The lowest BCUT2D eigenvalue weighted by molar-refractivity contribution is -0.136. The molecule has 1 aliphatic rings. The molecule has 0 radical (unpaired) electrons. The molecule has 0 saturated carbocycles. The highest BCUT2D eigenvalue weighted by molar-refractivity contribution is 5.97. The monoisotopic (exact) mass is 415 g/mol. The molecule has 1 heterocycles. The van der Waals surface area contributed by atoms with Gasteiger partial charge in [0.2, 0.25) is 11.8 Å². The van der Waals surface area contributed by atoms with Crippen LogP contribution in [-0.4, -0.2) is 47.8 Å². The predicted molar refractivity (Wildman–Crippen MR) is 119 cm³/mol. The second-order valence-electron chi connectivity index (χ2n) is 9.18. The Morgan fingerprint density at radius 2 is 1.63 bits per heavy atom. The first-order valence-corrected chi connectivity index (χ1v) is 11.1. The quantitative estimate of drug-likeness (QED) is 0.718. The highest BCUT2D eigenvalue weighted by atomic mass is 16.2. The summed E-state index contributed by atoms with van der Waals surface area (Å²) >= 11 is 0. The molecule has 0 unspecified atom stereocenters. The fourth-order valence-electron chi connectivity index (χ4n) is 3.71. The molecule has 166 valence electrons. The van der Waals surface area contributed by atoms with Crippen molar-refractivity contribution >= 4 is 17.7 Å². The van der Waals surface area contributed by atoms with Crippen LogP contribution in [-0.2, 0) is 9.59 Å². The third-order valence-electron chi connectivity index (χ3n) is 6.04. The summed E-state index contributed by atoms with van der Waals surface area (Å²) in [6.07, 6.45) is 1.39. The van der Waals surface area contributed by atoms with Gasteiger partial charge in [-0.25, -0.2) is 0 Å². The molecule has 1 fully saturated rings. The van der Waals surface area contributed by atoms with Crippen LogP contribution < -0.4 is 10.6 Å². The zero-order valence-electron chi connectivity index (χ0n) is 19.2. The number of nitrogens with zero attached hydrogens (tertiary/aromatic N) is 1. The number of piperidine rings is 1. The molecular weight excluding hydrogens is 378 g/mol. The maximum absolute atomic E-state index is 13.1. The minimum Gasteiger partial charge on any atom is -0.352 e. The van der Waals surface area contributed by atoms with Gasteiger partial charge in [-0.15, -0.1) is 0 Å². The summed E-state index contributed by atoms with van der Waals surface area (Å²) in [6.45, 7) is 13.1. The Morgan fingerprint density at radius 3 is 2.17 bits per heavy atom. The van der Waals surface area contributed by atoms with E-state index in [4.69, 9.17) is 0 Å². The van der Waals surface area contributed by atoms with Gasteiger partial charge in [0.25, 0.3) is 5.91 Å². The third kappa shape index (κ3) is 6.31. The molecule has 1 aliphatic heterocycles. The lowest BCUT2D eigenvalue weighted by Crippen LogP contribution is -2.55.